The van der Waals surface area contributed by atoms with Crippen molar-refractivity contribution in [2.24, 2.45) is 0 Å². The lowest BCUT2D eigenvalue weighted by Gasteiger charge is -2.22. The van der Waals surface area contributed by atoms with Crippen LogP contribution in [0, 0.1) is 0 Å². The molecule has 1 heterocycles. The van der Waals surface area contributed by atoms with E-state index in [-0.39, 0.29) is 6.61 Å². The average Bonchev–Trinajstić information content (AvgIpc) is 3.35. The minimum Gasteiger partial charge on any atom is -0.361 e. The summed E-state index contributed by atoms with van der Waals surface area (Å²) >= 11 is 0. The second-order valence-electron chi connectivity index (χ2n) is 7.97. The molecule has 25 heavy (non-hydrogen) atoms. The standard InChI is InChI=1S/C21H42O4/c1-2-3-4-5-6-7-8-9-10-11-12-13-14-15-16-17-18-20(19-25-20)21(22,23)24/h22-24H,2-19H2,1H3. The van der Waals surface area contributed by atoms with Crippen LogP contribution in [-0.4, -0.2) is 33.5 Å². The van der Waals surface area contributed by atoms with Gasteiger partial charge in [-0.15, -0.1) is 0 Å². The van der Waals surface area contributed by atoms with E-state index in [1.165, 1.54) is 89.9 Å². The van der Waals surface area contributed by atoms with Crippen LogP contribution in [0.15, 0.2) is 0 Å². The Morgan fingerprint density at radius 1 is 0.640 bits per heavy atom. The van der Waals surface area contributed by atoms with Crippen molar-refractivity contribution in [3.05, 3.63) is 0 Å². The molecule has 0 aromatic heterocycles. The fourth-order valence-electron chi connectivity index (χ4n) is 3.55. The van der Waals surface area contributed by atoms with Gasteiger partial charge in [0.25, 0.3) is 0 Å². The Balaban J connectivity index is 1.74. The number of rotatable bonds is 18. The Morgan fingerprint density at radius 2 is 0.960 bits per heavy atom. The second-order valence-corrected chi connectivity index (χ2v) is 7.97. The molecule has 1 fully saturated rings. The van der Waals surface area contributed by atoms with Gasteiger partial charge < -0.3 is 20.1 Å². The Morgan fingerprint density at radius 3 is 1.24 bits per heavy atom. The first-order valence-corrected chi connectivity index (χ1v) is 10.8. The van der Waals surface area contributed by atoms with Gasteiger partial charge >= 0.3 is 5.97 Å². The van der Waals surface area contributed by atoms with Crippen molar-refractivity contribution in [2.45, 2.75) is 128 Å². The second kappa shape index (κ2) is 13.1. The van der Waals surface area contributed by atoms with Gasteiger partial charge in [-0.2, -0.15) is 0 Å². The molecule has 0 bridgehead atoms. The summed E-state index contributed by atoms with van der Waals surface area (Å²) in [6.07, 6.45) is 21.6. The Labute approximate surface area is 155 Å². The lowest BCUT2D eigenvalue weighted by molar-refractivity contribution is -0.346. The molecule has 1 aliphatic rings. The van der Waals surface area contributed by atoms with Crippen molar-refractivity contribution in [1.82, 2.24) is 0 Å². The highest BCUT2D eigenvalue weighted by Gasteiger charge is 2.60. The number of hydrogen-bond donors (Lipinski definition) is 3. The monoisotopic (exact) mass is 358 g/mol. The topological polar surface area (TPSA) is 73.2 Å². The summed E-state index contributed by atoms with van der Waals surface area (Å²) in [4.78, 5) is 0. The molecule has 3 N–H and O–H groups in total. The molecule has 1 atom stereocenters. The highest BCUT2D eigenvalue weighted by atomic mass is 16.7. The summed E-state index contributed by atoms with van der Waals surface area (Å²) in [6, 6.07) is 0. The van der Waals surface area contributed by atoms with Crippen LogP contribution in [0.1, 0.15) is 116 Å². The molecular weight excluding hydrogens is 316 g/mol. The molecule has 4 nitrogen and oxygen atoms in total. The van der Waals surface area contributed by atoms with Gasteiger partial charge in [0.2, 0.25) is 0 Å². The summed E-state index contributed by atoms with van der Waals surface area (Å²) in [5, 5.41) is 27.7. The average molecular weight is 359 g/mol. The molecule has 0 aliphatic carbocycles. The van der Waals surface area contributed by atoms with Crippen molar-refractivity contribution in [3.63, 3.8) is 0 Å². The van der Waals surface area contributed by atoms with E-state index in [1.807, 2.05) is 0 Å². The minimum atomic E-state index is -2.68. The van der Waals surface area contributed by atoms with Gasteiger partial charge in [0, 0.05) is 0 Å². The maximum Gasteiger partial charge on any atom is 0.308 e. The molecule has 0 amide bonds. The van der Waals surface area contributed by atoms with Crippen LogP contribution in [0.3, 0.4) is 0 Å². The van der Waals surface area contributed by atoms with Crippen molar-refractivity contribution in [1.29, 1.82) is 0 Å². The van der Waals surface area contributed by atoms with Gasteiger partial charge in [0.1, 0.15) is 0 Å². The predicted octanol–water partition coefficient (Wildman–Crippen LogP) is 5.04. The molecule has 4 heteroatoms. The third kappa shape index (κ3) is 10.5. The highest BCUT2D eigenvalue weighted by Crippen LogP contribution is 2.40. The van der Waals surface area contributed by atoms with E-state index in [0.717, 1.165) is 12.8 Å². The first-order valence-electron chi connectivity index (χ1n) is 10.8. The maximum absolute atomic E-state index is 9.22. The minimum absolute atomic E-state index is 0.245. The van der Waals surface area contributed by atoms with Crippen LogP contribution in [0.2, 0.25) is 0 Å². The van der Waals surface area contributed by atoms with E-state index in [1.54, 1.807) is 0 Å². The summed E-state index contributed by atoms with van der Waals surface area (Å²) in [5.74, 6) is -2.68. The van der Waals surface area contributed by atoms with E-state index in [9.17, 15) is 15.3 Å². The zero-order valence-electron chi connectivity index (χ0n) is 16.5. The fourth-order valence-corrected chi connectivity index (χ4v) is 3.55. The van der Waals surface area contributed by atoms with Gasteiger partial charge in [0.05, 0.1) is 6.61 Å². The summed E-state index contributed by atoms with van der Waals surface area (Å²) in [7, 11) is 0. The predicted molar refractivity (Wildman–Crippen MR) is 102 cm³/mol. The zero-order chi connectivity index (χ0) is 18.4. The SMILES string of the molecule is CCCCCCCCCCCCCCCCCCC1(C(O)(O)O)CO1. The Bertz CT molecular complexity index is 308. The molecule has 0 aromatic rings. The molecule has 1 unspecified atom stereocenters. The van der Waals surface area contributed by atoms with Gasteiger partial charge in [-0.05, 0) is 6.42 Å². The van der Waals surface area contributed by atoms with Crippen LogP contribution in [0.25, 0.3) is 0 Å². The van der Waals surface area contributed by atoms with Crippen LogP contribution in [-0.2, 0) is 4.74 Å². The molecule has 0 spiro atoms. The Kier molecular flexibility index (Phi) is 12.0. The van der Waals surface area contributed by atoms with Crippen molar-refractivity contribution in [2.75, 3.05) is 6.61 Å². The largest absolute Gasteiger partial charge is 0.361 e. The van der Waals surface area contributed by atoms with Crippen molar-refractivity contribution in [3.8, 4) is 0 Å². The number of unbranched alkanes of at least 4 members (excludes halogenated alkanes) is 15. The van der Waals surface area contributed by atoms with E-state index in [0.29, 0.717) is 6.42 Å². The molecule has 0 saturated carbocycles. The third-order valence-corrected chi connectivity index (χ3v) is 5.54. The molecule has 1 rings (SSSR count). The first-order chi connectivity index (χ1) is 12.0. The molecule has 1 saturated heterocycles. The summed E-state index contributed by atoms with van der Waals surface area (Å²) < 4.78 is 5.03. The van der Waals surface area contributed by atoms with Gasteiger partial charge in [-0.25, -0.2) is 0 Å². The van der Waals surface area contributed by atoms with Crippen molar-refractivity contribution < 1.29 is 20.1 Å². The normalized spacial score (nSPS) is 20.2. The smallest absolute Gasteiger partial charge is 0.308 e. The van der Waals surface area contributed by atoms with Crippen LogP contribution >= 0.6 is 0 Å². The number of epoxide rings is 1. The molecule has 1 aliphatic heterocycles. The van der Waals surface area contributed by atoms with Crippen LogP contribution < -0.4 is 0 Å². The number of aliphatic hydroxyl groups is 3. The molecule has 0 radical (unpaired) electrons. The summed E-state index contributed by atoms with van der Waals surface area (Å²) in [5.41, 5.74) is -1.11. The van der Waals surface area contributed by atoms with Gasteiger partial charge in [-0.3, -0.25) is 0 Å². The zero-order valence-corrected chi connectivity index (χ0v) is 16.5. The quantitative estimate of drug-likeness (QED) is 0.182. The van der Waals surface area contributed by atoms with E-state index in [2.05, 4.69) is 6.92 Å². The van der Waals surface area contributed by atoms with E-state index >= 15 is 0 Å². The van der Waals surface area contributed by atoms with Crippen molar-refractivity contribution >= 4 is 0 Å². The lowest BCUT2D eigenvalue weighted by atomic mass is 9.98. The lowest BCUT2D eigenvalue weighted by Crippen LogP contribution is -2.45. The molecule has 0 aromatic carbocycles. The van der Waals surface area contributed by atoms with Crippen LogP contribution in [0.5, 0.6) is 0 Å². The van der Waals surface area contributed by atoms with Gasteiger partial charge in [0.15, 0.2) is 5.60 Å². The fraction of sp³-hybridized carbons (Fsp3) is 1.00. The molecule has 150 valence electrons. The highest BCUT2D eigenvalue weighted by molar-refractivity contribution is 4.97. The maximum atomic E-state index is 9.22. The number of hydrogen-bond acceptors (Lipinski definition) is 4. The molecular formula is C21H42O4. The van der Waals surface area contributed by atoms with E-state index in [4.69, 9.17) is 4.74 Å². The number of ether oxygens (including phenoxy) is 1. The Hall–Kier alpha value is -0.160. The third-order valence-electron chi connectivity index (χ3n) is 5.54. The van der Waals surface area contributed by atoms with Crippen LogP contribution in [0.4, 0.5) is 0 Å². The van der Waals surface area contributed by atoms with Gasteiger partial charge in [-0.1, -0.05) is 110 Å². The van der Waals surface area contributed by atoms with E-state index < -0.39 is 11.6 Å². The summed E-state index contributed by atoms with van der Waals surface area (Å²) in [6.45, 7) is 2.51. The first kappa shape index (κ1) is 22.9.